The van der Waals surface area contributed by atoms with E-state index in [1.54, 1.807) is 0 Å². The van der Waals surface area contributed by atoms with Gasteiger partial charge in [-0.05, 0) is 73.5 Å². The monoisotopic (exact) mass is 547 g/mol. The zero-order valence-corrected chi connectivity index (χ0v) is 24.8. The molecule has 4 bridgehead atoms. The summed E-state index contributed by atoms with van der Waals surface area (Å²) in [6.07, 6.45) is 8.00. The number of hydrogen-bond acceptors (Lipinski definition) is 7. The maximum Gasteiger partial charge on any atom is 0.200 e. The number of carbonyl (C=O) groups is 2. The zero-order valence-electron chi connectivity index (χ0n) is 24.8. The van der Waals surface area contributed by atoms with Crippen molar-refractivity contribution in [3.05, 3.63) is 46.6 Å². The lowest BCUT2D eigenvalue weighted by atomic mass is 9.49. The van der Waals surface area contributed by atoms with Gasteiger partial charge in [0.05, 0.1) is 12.2 Å². The van der Waals surface area contributed by atoms with Crippen LogP contribution in [0, 0.1) is 17.8 Å². The first-order valence-corrected chi connectivity index (χ1v) is 14.6. The second kappa shape index (κ2) is 8.80. The van der Waals surface area contributed by atoms with E-state index in [0.717, 1.165) is 5.57 Å². The molecule has 0 radical (unpaired) electrons. The molecule has 6 aliphatic rings. The molecular weight excluding hydrogens is 506 g/mol. The molecule has 0 amide bonds. The van der Waals surface area contributed by atoms with Gasteiger partial charge in [0.15, 0.2) is 22.8 Å². The summed E-state index contributed by atoms with van der Waals surface area (Å²) < 4.78 is 19.8. The zero-order chi connectivity index (χ0) is 28.9. The van der Waals surface area contributed by atoms with Gasteiger partial charge in [-0.3, -0.25) is 14.5 Å². The number of benzene rings is 1. The van der Waals surface area contributed by atoms with Gasteiger partial charge in [-0.1, -0.05) is 17.7 Å². The maximum atomic E-state index is 14.5. The van der Waals surface area contributed by atoms with E-state index in [4.69, 9.17) is 14.2 Å². The number of fused-ring (bicyclic) bond motifs is 3. The summed E-state index contributed by atoms with van der Waals surface area (Å²) in [6.45, 7) is 17.6. The lowest BCUT2D eigenvalue weighted by Crippen LogP contribution is -2.74. The largest absolute Gasteiger partial charge is 0.507 e. The molecule has 2 fully saturated rings. The summed E-state index contributed by atoms with van der Waals surface area (Å²) >= 11 is 0. The van der Waals surface area contributed by atoms with E-state index in [0.29, 0.717) is 48.5 Å². The standard InChI is InChI=1S/C33H41NO6/c1-17(2)9-12-32-30(37)21-13-23-28(36)27-25(35)14-26-20(10-11-31(7,8)39-26)29(27)40-33(23,32)24(16-38-32)22(21)15-34(18(3)4)19(5)6/h9-11,13-14,18-19,21-22,24,35H,12,15-16H2,1-8H3/t21-,22+,24-,32?,33-/m1/s1. The Morgan fingerprint density at radius 3 is 2.50 bits per heavy atom. The van der Waals surface area contributed by atoms with Gasteiger partial charge in [-0.2, -0.15) is 0 Å². The highest BCUT2D eigenvalue weighted by atomic mass is 16.6. The fraction of sp³-hybridized carbons (Fsp3) is 0.576. The van der Waals surface area contributed by atoms with Crippen molar-refractivity contribution in [2.24, 2.45) is 17.8 Å². The van der Waals surface area contributed by atoms with E-state index in [1.807, 2.05) is 52.0 Å². The minimum absolute atomic E-state index is 0.0156. The normalized spacial score (nSPS) is 32.5. The average molecular weight is 548 g/mol. The first kappa shape index (κ1) is 27.3. The molecule has 3 aliphatic heterocycles. The third-order valence-corrected chi connectivity index (χ3v) is 9.62. The highest BCUT2D eigenvalue weighted by Crippen LogP contribution is 2.66. The number of rotatable bonds is 6. The molecule has 1 saturated heterocycles. The van der Waals surface area contributed by atoms with E-state index < -0.39 is 22.7 Å². The molecule has 7 heteroatoms. The van der Waals surface area contributed by atoms with Crippen molar-refractivity contribution in [2.45, 2.75) is 90.7 Å². The molecule has 3 heterocycles. The summed E-state index contributed by atoms with van der Waals surface area (Å²) in [6, 6.07) is 2.08. The van der Waals surface area contributed by atoms with Gasteiger partial charge in [-0.25, -0.2) is 0 Å². The average Bonchev–Trinajstić information content (AvgIpc) is 3.13. The first-order chi connectivity index (χ1) is 18.7. The van der Waals surface area contributed by atoms with Crippen LogP contribution in [-0.4, -0.2) is 63.6 Å². The van der Waals surface area contributed by atoms with Gasteiger partial charge < -0.3 is 19.3 Å². The van der Waals surface area contributed by atoms with Crippen molar-refractivity contribution in [1.82, 2.24) is 4.90 Å². The molecule has 214 valence electrons. The smallest absolute Gasteiger partial charge is 0.200 e. The number of ether oxygens (including phenoxy) is 3. The summed E-state index contributed by atoms with van der Waals surface area (Å²) in [5.41, 5.74) is -0.939. The highest BCUT2D eigenvalue weighted by molar-refractivity contribution is 6.18. The van der Waals surface area contributed by atoms with Crippen LogP contribution in [0.25, 0.3) is 6.08 Å². The molecule has 40 heavy (non-hydrogen) atoms. The SMILES string of the molecule is CC(C)=CCC12OC[C@@H]3[C@@H](CN(C(C)C)C(C)C)[C@@H](C=C4C(=O)c5c(O)cc6c(c5O[C@]431)C=CC(C)(C)O6)C2=O. The van der Waals surface area contributed by atoms with Gasteiger partial charge in [0.2, 0.25) is 0 Å². The number of Topliss-reactive ketones (excluding diaryl/α,β-unsaturated/α-hetero) is 2. The Hall–Kier alpha value is -2.90. The third kappa shape index (κ3) is 3.49. The predicted molar refractivity (Wildman–Crippen MR) is 153 cm³/mol. The summed E-state index contributed by atoms with van der Waals surface area (Å²) in [7, 11) is 0. The van der Waals surface area contributed by atoms with Gasteiger partial charge in [0.25, 0.3) is 0 Å². The quantitative estimate of drug-likeness (QED) is 0.471. The fourth-order valence-electron chi connectivity index (χ4n) is 7.79. The van der Waals surface area contributed by atoms with Crippen LogP contribution in [0.4, 0.5) is 0 Å². The van der Waals surface area contributed by atoms with Crippen molar-refractivity contribution < 1.29 is 28.9 Å². The molecule has 1 aromatic carbocycles. The molecule has 1 unspecified atom stereocenters. The number of allylic oxidation sites excluding steroid dienone is 2. The minimum Gasteiger partial charge on any atom is -0.507 e. The molecule has 1 aromatic rings. The topological polar surface area (TPSA) is 85.3 Å². The maximum absolute atomic E-state index is 14.5. The summed E-state index contributed by atoms with van der Waals surface area (Å²) in [4.78, 5) is 31.3. The molecule has 3 aliphatic carbocycles. The molecule has 7 rings (SSSR count). The van der Waals surface area contributed by atoms with Crippen LogP contribution in [0.2, 0.25) is 0 Å². The minimum atomic E-state index is -1.31. The Labute approximate surface area is 236 Å². The van der Waals surface area contributed by atoms with Crippen molar-refractivity contribution in [1.29, 1.82) is 0 Å². The highest BCUT2D eigenvalue weighted by Gasteiger charge is 2.79. The van der Waals surface area contributed by atoms with Gasteiger partial charge in [0, 0.05) is 48.5 Å². The van der Waals surface area contributed by atoms with E-state index in [1.165, 1.54) is 6.07 Å². The lowest BCUT2D eigenvalue weighted by molar-refractivity contribution is -0.171. The number of aromatic hydroxyl groups is 1. The fourth-order valence-corrected chi connectivity index (χ4v) is 7.79. The molecule has 1 saturated carbocycles. The van der Waals surface area contributed by atoms with Crippen molar-refractivity contribution in [3.63, 3.8) is 0 Å². The molecule has 1 spiro atoms. The Morgan fingerprint density at radius 2 is 1.85 bits per heavy atom. The van der Waals surface area contributed by atoms with E-state index in [2.05, 4.69) is 32.6 Å². The summed E-state index contributed by atoms with van der Waals surface area (Å²) in [5, 5.41) is 11.1. The Kier molecular flexibility index (Phi) is 6.00. The van der Waals surface area contributed by atoms with Crippen LogP contribution in [-0.2, 0) is 9.53 Å². The molecule has 0 aromatic heterocycles. The van der Waals surface area contributed by atoms with E-state index >= 15 is 0 Å². The Bertz CT molecular complexity index is 1390. The van der Waals surface area contributed by atoms with Crippen LogP contribution < -0.4 is 9.47 Å². The van der Waals surface area contributed by atoms with Crippen LogP contribution >= 0.6 is 0 Å². The number of hydrogen-bond donors (Lipinski definition) is 1. The predicted octanol–water partition coefficient (Wildman–Crippen LogP) is 5.51. The van der Waals surface area contributed by atoms with Crippen molar-refractivity contribution in [2.75, 3.05) is 13.2 Å². The molecule has 5 atom stereocenters. The number of nitrogens with zero attached hydrogens (tertiary/aromatic N) is 1. The molecular formula is C33H41NO6. The first-order valence-electron chi connectivity index (χ1n) is 14.6. The third-order valence-electron chi connectivity index (χ3n) is 9.62. The number of ketones is 2. The second-order valence-electron chi connectivity index (χ2n) is 13.5. The number of phenolic OH excluding ortho intramolecular Hbond substituents is 1. The van der Waals surface area contributed by atoms with Crippen molar-refractivity contribution >= 4 is 17.6 Å². The Balaban J connectivity index is 1.57. The van der Waals surface area contributed by atoms with Gasteiger partial charge in [0.1, 0.15) is 28.4 Å². The molecule has 7 nitrogen and oxygen atoms in total. The Morgan fingerprint density at radius 1 is 1.15 bits per heavy atom. The number of phenols is 1. The van der Waals surface area contributed by atoms with Crippen LogP contribution in [0.1, 0.15) is 77.7 Å². The lowest BCUT2D eigenvalue weighted by Gasteiger charge is -2.59. The summed E-state index contributed by atoms with van der Waals surface area (Å²) in [5.74, 6) is -0.509. The second-order valence-corrected chi connectivity index (χ2v) is 13.5. The van der Waals surface area contributed by atoms with E-state index in [-0.39, 0.29) is 40.5 Å². The van der Waals surface area contributed by atoms with Gasteiger partial charge >= 0.3 is 0 Å². The molecule has 1 N–H and O–H groups in total. The van der Waals surface area contributed by atoms with Gasteiger partial charge in [-0.15, -0.1) is 0 Å². The number of carbonyl (C=O) groups excluding carboxylic acids is 2. The van der Waals surface area contributed by atoms with Crippen LogP contribution in [0.3, 0.4) is 0 Å². The van der Waals surface area contributed by atoms with E-state index in [9.17, 15) is 14.7 Å². The van der Waals surface area contributed by atoms with Crippen LogP contribution in [0.15, 0.2) is 35.4 Å². The van der Waals surface area contributed by atoms with Crippen molar-refractivity contribution in [3.8, 4) is 17.2 Å². The van der Waals surface area contributed by atoms with Crippen LogP contribution in [0.5, 0.6) is 17.2 Å².